The Morgan fingerprint density at radius 3 is 2.29 bits per heavy atom. The fourth-order valence-corrected chi connectivity index (χ4v) is 10.7. The average Bonchev–Trinajstić information content (AvgIpc) is 3.96. The molecule has 5 heterocycles. The van der Waals surface area contributed by atoms with Gasteiger partial charge in [-0.15, -0.1) is 16.4 Å². The highest BCUT2D eigenvalue weighted by atomic mass is 32.1. The molecule has 0 spiro atoms. The van der Waals surface area contributed by atoms with Crippen molar-refractivity contribution in [2.45, 2.75) is 198 Å². The minimum Gasteiger partial charge on any atom is -0.458 e. The second kappa shape index (κ2) is 25.7. The molecule has 6 rings (SSSR count). The van der Waals surface area contributed by atoms with E-state index in [4.69, 9.17) is 28.7 Å². The van der Waals surface area contributed by atoms with Gasteiger partial charge < -0.3 is 38.6 Å². The molecule has 2 aromatic heterocycles. The van der Waals surface area contributed by atoms with Gasteiger partial charge in [0.2, 0.25) is 5.91 Å². The second-order valence-electron chi connectivity index (χ2n) is 18.4. The number of methoxy groups -OCH3 is 1. The fraction of sp³-hybridized carbons (Fsp3) is 0.740. The van der Waals surface area contributed by atoms with E-state index < -0.39 is 71.7 Å². The predicted molar refractivity (Wildman–Crippen MR) is 269 cm³/mol. The summed E-state index contributed by atoms with van der Waals surface area (Å²) < 4.78 is 34.2. The van der Waals surface area contributed by atoms with Crippen LogP contribution in [0.5, 0.6) is 0 Å². The van der Waals surface area contributed by atoms with E-state index in [9.17, 15) is 24.3 Å². The molecule has 3 aliphatic rings. The van der Waals surface area contributed by atoms with Gasteiger partial charge in [-0.2, -0.15) is 0 Å². The highest BCUT2D eigenvalue weighted by Gasteiger charge is 2.59. The lowest BCUT2D eigenvalue weighted by Gasteiger charge is -2.46. The summed E-state index contributed by atoms with van der Waals surface area (Å²) in [5.41, 5.74) is -0.931. The van der Waals surface area contributed by atoms with Crippen molar-refractivity contribution in [2.75, 3.05) is 34.3 Å². The quantitative estimate of drug-likeness (QED) is 0.109. The molecule has 17 nitrogen and oxygen atoms in total. The van der Waals surface area contributed by atoms with Crippen LogP contribution in [0.15, 0.2) is 30.5 Å². The number of ketones is 1. The van der Waals surface area contributed by atoms with Crippen molar-refractivity contribution in [3.8, 4) is 10.7 Å². The molecule has 68 heavy (non-hydrogen) atoms. The molecular formula is C50H87N7O10S. The number of aromatic nitrogens is 4. The van der Waals surface area contributed by atoms with Gasteiger partial charge in [0.15, 0.2) is 11.9 Å². The van der Waals surface area contributed by atoms with Crippen LogP contribution in [0, 0.1) is 11.8 Å². The summed E-state index contributed by atoms with van der Waals surface area (Å²) >= 11 is 1.56. The van der Waals surface area contributed by atoms with Gasteiger partial charge in [-0.25, -0.2) is 9.78 Å². The van der Waals surface area contributed by atoms with Gasteiger partial charge in [-0.05, 0) is 98.9 Å². The van der Waals surface area contributed by atoms with E-state index in [0.717, 1.165) is 15.2 Å². The molecule has 12 atom stereocenters. The molecule has 1 aromatic carbocycles. The molecule has 3 unspecified atom stereocenters. The first-order valence-electron chi connectivity index (χ1n) is 22.3. The number of likely N-dealkylation sites (N-methyl/N-ethyl adjacent to an activating group) is 1. The number of thiazole rings is 1. The molecule has 3 saturated heterocycles. The highest BCUT2D eigenvalue weighted by molar-refractivity contribution is 7.21. The van der Waals surface area contributed by atoms with Crippen molar-refractivity contribution in [3.63, 3.8) is 0 Å². The smallest absolute Gasteiger partial charge is 0.410 e. The number of cyclic esters (lactones) is 1. The number of esters is 1. The van der Waals surface area contributed by atoms with E-state index in [1.807, 2.05) is 84.1 Å². The van der Waals surface area contributed by atoms with Gasteiger partial charge in [0.1, 0.15) is 34.6 Å². The number of hydrogen-bond donors (Lipinski definition) is 1. The van der Waals surface area contributed by atoms with E-state index in [0.29, 0.717) is 44.5 Å². The number of hydrogen-bond acceptors (Lipinski definition) is 15. The molecule has 3 aromatic rings. The number of aliphatic hydroxyl groups excluding tert-OH is 1. The Kier molecular flexibility index (Phi) is 23.4. The maximum atomic E-state index is 14.2. The van der Waals surface area contributed by atoms with E-state index in [-0.39, 0.29) is 80.5 Å². The summed E-state index contributed by atoms with van der Waals surface area (Å²) in [6, 6.07) is 6.34. The Morgan fingerprint density at radius 2 is 1.68 bits per heavy atom. The molecule has 18 heteroatoms. The van der Waals surface area contributed by atoms with E-state index >= 15 is 0 Å². The van der Waals surface area contributed by atoms with Crippen LogP contribution in [0.4, 0.5) is 4.79 Å². The Labute approximate surface area is 411 Å². The largest absolute Gasteiger partial charge is 0.458 e. The van der Waals surface area contributed by atoms with E-state index in [1.54, 1.807) is 32.7 Å². The minimum absolute atomic E-state index is 0. The number of aryl methyl sites for hydroxylation is 1. The number of unbranched alkanes of at least 4 members (excludes halogenated alkanes) is 1. The summed E-state index contributed by atoms with van der Waals surface area (Å²) in [5, 5.41) is 20.9. The van der Waals surface area contributed by atoms with Crippen LogP contribution >= 0.6 is 11.3 Å². The van der Waals surface area contributed by atoms with Crippen LogP contribution in [0.1, 0.15) is 131 Å². The lowest BCUT2D eigenvalue weighted by atomic mass is 9.82. The number of rotatable bonds is 11. The Balaban J connectivity index is 0.00000462. The highest BCUT2D eigenvalue weighted by Crippen LogP contribution is 2.41. The summed E-state index contributed by atoms with van der Waals surface area (Å²) in [5.74, 6) is -2.86. The van der Waals surface area contributed by atoms with Gasteiger partial charge in [-0.1, -0.05) is 68.3 Å². The fourth-order valence-electron chi connectivity index (χ4n) is 9.75. The third-order valence-electron chi connectivity index (χ3n) is 13.4. The minimum atomic E-state index is -1.39. The van der Waals surface area contributed by atoms with Crippen molar-refractivity contribution in [1.82, 2.24) is 34.7 Å². The number of para-hydroxylation sites is 1. The van der Waals surface area contributed by atoms with Crippen molar-refractivity contribution >= 4 is 45.3 Å². The van der Waals surface area contributed by atoms with Crippen molar-refractivity contribution in [2.24, 2.45) is 11.8 Å². The standard InChI is InChI=1S/C45H67N7O10S.5CH4/c1-12-36-45(8)39(51(43(57)62-45)20-16-15-19-50-25-32(47-48-50)40-46-31-17-13-14-18-35(31)63-40)29(5)52(30(6)53)24-26(2)23-44(7,58-11)37(22-34(54)28(4)41(56)60-36)61-42-38(55)33(49(9)10)21-27(3)59-42;;;;;/h13-14,17-18,25-29,33,36-39,42,55H,12,15-16,19-24H2,1-11H3;5*1H4/t26-,27?,28-,29-,33?,36-,37-,38?,39-,42+,44+,45-;;;;;/m1...../s1. The number of aliphatic hydroxyl groups is 1. The number of ether oxygens (including phenoxy) is 5. The van der Waals surface area contributed by atoms with Crippen LogP contribution in [-0.4, -0.2) is 158 Å². The first-order valence-corrected chi connectivity index (χ1v) is 23.1. The SMILES string of the molecule is C.C.C.C.C.CC[C@H]1OC(=O)[C@H](C)C(=O)C[C@@H](O[C@@H]2OC(C)CC(N(C)C)C2O)[C@@](C)(OC)C[C@@H](C)CN(C(C)=O)[C@H](C)[C@H]2N(CCCCn3cc(-c4nc5ccccc5s4)nn3)C(=O)O[C@]12C. The summed E-state index contributed by atoms with van der Waals surface area (Å²) in [4.78, 5) is 66.0. The van der Waals surface area contributed by atoms with Gasteiger partial charge in [-0.3, -0.25) is 24.0 Å². The maximum Gasteiger partial charge on any atom is 0.410 e. The molecule has 0 saturated carbocycles. The number of Topliss-reactive ketones (excluding diaryl/α,β-unsaturated/α-hetero) is 1. The van der Waals surface area contributed by atoms with Gasteiger partial charge >= 0.3 is 12.1 Å². The van der Waals surface area contributed by atoms with Crippen LogP contribution in [-0.2, 0) is 44.6 Å². The molecule has 0 aliphatic carbocycles. The van der Waals surface area contributed by atoms with Gasteiger partial charge in [0.25, 0.3) is 0 Å². The number of fused-ring (bicyclic) bond motifs is 2. The third-order valence-corrected chi connectivity index (χ3v) is 14.4. The van der Waals surface area contributed by atoms with Crippen LogP contribution in [0.2, 0.25) is 0 Å². The number of carbonyl (C=O) groups is 4. The first-order chi connectivity index (χ1) is 29.8. The summed E-state index contributed by atoms with van der Waals surface area (Å²) in [6.07, 6.45) is -0.810. The van der Waals surface area contributed by atoms with Gasteiger partial charge in [0, 0.05) is 46.1 Å². The number of nitrogens with zero attached hydrogens (tertiary/aromatic N) is 7. The van der Waals surface area contributed by atoms with Crippen LogP contribution in [0.3, 0.4) is 0 Å². The first kappa shape index (κ1) is 61.9. The molecular weight excluding hydrogens is 891 g/mol. The number of carbonyl (C=O) groups excluding carboxylic acids is 4. The maximum absolute atomic E-state index is 14.2. The molecule has 0 bridgehead atoms. The van der Waals surface area contributed by atoms with Crippen molar-refractivity contribution in [3.05, 3.63) is 30.5 Å². The predicted octanol–water partition coefficient (Wildman–Crippen LogP) is 8.51. The summed E-state index contributed by atoms with van der Waals surface area (Å²) in [7, 11) is 5.30. The van der Waals surface area contributed by atoms with E-state index in [2.05, 4.69) is 10.3 Å². The van der Waals surface area contributed by atoms with Crippen molar-refractivity contribution in [1.29, 1.82) is 0 Å². The van der Waals surface area contributed by atoms with Gasteiger partial charge in [0.05, 0.1) is 46.3 Å². The number of benzene rings is 1. The zero-order valence-corrected chi connectivity index (χ0v) is 39.5. The zero-order chi connectivity index (χ0) is 46.0. The van der Waals surface area contributed by atoms with Crippen molar-refractivity contribution < 1.29 is 48.0 Å². The molecule has 2 amide bonds. The lowest BCUT2D eigenvalue weighted by molar-refractivity contribution is -0.289. The monoisotopic (exact) mass is 978 g/mol. The topological polar surface area (TPSA) is 188 Å². The Morgan fingerprint density at radius 1 is 1.01 bits per heavy atom. The third kappa shape index (κ3) is 13.2. The number of amides is 2. The molecule has 388 valence electrons. The second-order valence-corrected chi connectivity index (χ2v) is 19.4. The normalized spacial score (nSPS) is 31.3. The zero-order valence-electron chi connectivity index (χ0n) is 38.7. The Hall–Kier alpha value is -4.07. The molecule has 3 aliphatic heterocycles. The molecule has 0 radical (unpaired) electrons. The molecule has 3 fully saturated rings. The Bertz CT molecular complexity index is 2050. The summed E-state index contributed by atoms with van der Waals surface area (Å²) in [6.45, 7) is 15.3. The lowest BCUT2D eigenvalue weighted by Crippen LogP contribution is -2.62. The van der Waals surface area contributed by atoms with E-state index in [1.165, 1.54) is 21.0 Å². The average molecular weight is 978 g/mol. The molecule has 1 N–H and O–H groups in total. The van der Waals surface area contributed by atoms with Crippen LogP contribution < -0.4 is 0 Å². The van der Waals surface area contributed by atoms with Crippen LogP contribution in [0.25, 0.3) is 20.9 Å².